The first-order valence-corrected chi connectivity index (χ1v) is 8.93. The molecule has 0 aromatic heterocycles. The Balaban J connectivity index is 1.70. The normalized spacial score (nSPS) is 31.6. The van der Waals surface area contributed by atoms with E-state index >= 15 is 0 Å². The minimum Gasteiger partial charge on any atom is -0.118 e. The number of hydrogen-bond acceptors (Lipinski definition) is 0. The molecule has 0 saturated heterocycles. The van der Waals surface area contributed by atoms with Crippen LogP contribution < -0.4 is 0 Å². The third-order valence-corrected chi connectivity index (χ3v) is 6.60. The van der Waals surface area contributed by atoms with Gasteiger partial charge < -0.3 is 0 Å². The van der Waals surface area contributed by atoms with E-state index < -0.39 is 0 Å². The van der Waals surface area contributed by atoms with Gasteiger partial charge in [-0.15, -0.1) is 11.6 Å². The molecule has 0 amide bonds. The second-order valence-corrected chi connectivity index (χ2v) is 7.74. The number of rotatable bonds is 2. The fourth-order valence-electron chi connectivity index (χ4n) is 4.13. The molecule has 0 aliphatic heterocycles. The largest absolute Gasteiger partial charge is 0.118 e. The number of fused-ring (bicyclic) bond motifs is 1. The maximum absolute atomic E-state index is 6.74. The molecule has 20 heavy (non-hydrogen) atoms. The van der Waals surface area contributed by atoms with Crippen molar-refractivity contribution >= 4 is 34.8 Å². The average molecular weight is 332 g/mol. The van der Waals surface area contributed by atoms with Crippen molar-refractivity contribution in [3.63, 3.8) is 0 Å². The fourth-order valence-corrected chi connectivity index (χ4v) is 4.80. The maximum atomic E-state index is 6.74. The summed E-state index contributed by atoms with van der Waals surface area (Å²) in [4.78, 5) is 0. The Kier molecular flexibility index (Phi) is 4.85. The van der Waals surface area contributed by atoms with E-state index in [9.17, 15) is 0 Å². The molecular weight excluding hydrogens is 311 g/mol. The van der Waals surface area contributed by atoms with E-state index in [4.69, 9.17) is 34.8 Å². The third-order valence-electron chi connectivity index (χ3n) is 5.26. The fraction of sp³-hybridized carbons (Fsp3) is 0.647. The smallest absolute Gasteiger partial charge is 0.0614 e. The molecule has 2 fully saturated rings. The lowest BCUT2D eigenvalue weighted by Gasteiger charge is -2.40. The van der Waals surface area contributed by atoms with Crippen molar-refractivity contribution in [1.82, 2.24) is 0 Å². The lowest BCUT2D eigenvalue weighted by molar-refractivity contribution is 0.127. The summed E-state index contributed by atoms with van der Waals surface area (Å²) >= 11 is 18.8. The molecular formula is C17H21Cl3. The number of hydrogen-bond donors (Lipinski definition) is 0. The van der Waals surface area contributed by atoms with Gasteiger partial charge >= 0.3 is 0 Å². The van der Waals surface area contributed by atoms with E-state index in [-0.39, 0.29) is 5.38 Å². The van der Waals surface area contributed by atoms with Gasteiger partial charge in [-0.3, -0.25) is 0 Å². The summed E-state index contributed by atoms with van der Waals surface area (Å²) in [5.41, 5.74) is 1.13. The van der Waals surface area contributed by atoms with Crippen LogP contribution in [-0.4, -0.2) is 0 Å². The van der Waals surface area contributed by atoms with Gasteiger partial charge in [-0.1, -0.05) is 55.0 Å². The lowest BCUT2D eigenvalue weighted by atomic mass is 9.66. The molecule has 1 aromatic rings. The summed E-state index contributed by atoms with van der Waals surface area (Å²) in [5.74, 6) is 2.47. The standard InChI is InChI=1S/C17H21Cl3/c18-15-8-7-14(10-16(15)19)17(20)13-6-5-11-3-1-2-4-12(11)9-13/h7-8,10-13,17H,1-6,9H2. The van der Waals surface area contributed by atoms with Crippen molar-refractivity contribution in [3.05, 3.63) is 33.8 Å². The van der Waals surface area contributed by atoms with Crippen LogP contribution in [0.25, 0.3) is 0 Å². The minimum atomic E-state index is 0.0765. The van der Waals surface area contributed by atoms with E-state index in [2.05, 4.69) is 0 Å². The van der Waals surface area contributed by atoms with Crippen LogP contribution in [0.3, 0.4) is 0 Å². The third kappa shape index (κ3) is 3.13. The molecule has 4 atom stereocenters. The quantitative estimate of drug-likeness (QED) is 0.518. The average Bonchev–Trinajstić information content (AvgIpc) is 2.49. The van der Waals surface area contributed by atoms with Gasteiger partial charge in [0.2, 0.25) is 0 Å². The number of benzene rings is 1. The summed E-state index contributed by atoms with van der Waals surface area (Å²) < 4.78 is 0. The SMILES string of the molecule is Clc1ccc(C(Cl)C2CCC3CCCCC3C2)cc1Cl. The number of halogens is 3. The molecule has 0 heterocycles. The Morgan fingerprint density at radius 1 is 0.900 bits per heavy atom. The van der Waals surface area contributed by atoms with Gasteiger partial charge in [0.15, 0.2) is 0 Å². The first-order chi connectivity index (χ1) is 9.65. The van der Waals surface area contributed by atoms with Gasteiger partial charge in [-0.05, 0) is 54.7 Å². The van der Waals surface area contributed by atoms with Gasteiger partial charge in [0.1, 0.15) is 0 Å². The van der Waals surface area contributed by atoms with E-state index in [0.717, 1.165) is 17.4 Å². The first kappa shape index (κ1) is 15.0. The molecule has 2 aliphatic carbocycles. The predicted molar refractivity (Wildman–Crippen MR) is 87.8 cm³/mol. The van der Waals surface area contributed by atoms with Gasteiger partial charge in [0.25, 0.3) is 0 Å². The van der Waals surface area contributed by atoms with Crippen LogP contribution in [0, 0.1) is 17.8 Å². The highest BCUT2D eigenvalue weighted by atomic mass is 35.5. The molecule has 2 saturated carbocycles. The molecule has 3 rings (SSSR count). The molecule has 110 valence electrons. The van der Waals surface area contributed by atoms with Gasteiger partial charge in [-0.25, -0.2) is 0 Å². The monoisotopic (exact) mass is 330 g/mol. The Morgan fingerprint density at radius 2 is 1.65 bits per heavy atom. The zero-order chi connectivity index (χ0) is 14.1. The summed E-state index contributed by atoms with van der Waals surface area (Å²) in [6, 6.07) is 5.83. The summed E-state index contributed by atoms with van der Waals surface area (Å²) in [7, 11) is 0. The van der Waals surface area contributed by atoms with E-state index in [1.165, 1.54) is 44.9 Å². The topological polar surface area (TPSA) is 0 Å². The molecule has 0 bridgehead atoms. The van der Waals surface area contributed by atoms with Crippen LogP contribution in [0.1, 0.15) is 55.9 Å². The molecule has 0 spiro atoms. The van der Waals surface area contributed by atoms with Crippen molar-refractivity contribution in [2.45, 2.75) is 50.3 Å². The lowest BCUT2D eigenvalue weighted by Crippen LogP contribution is -2.29. The Labute approximate surface area is 136 Å². The van der Waals surface area contributed by atoms with Gasteiger partial charge in [0, 0.05) is 0 Å². The van der Waals surface area contributed by atoms with Crippen LogP contribution in [-0.2, 0) is 0 Å². The summed E-state index contributed by atoms with van der Waals surface area (Å²) in [6.45, 7) is 0. The minimum absolute atomic E-state index is 0.0765. The van der Waals surface area contributed by atoms with Crippen LogP contribution in [0.5, 0.6) is 0 Å². The molecule has 2 aliphatic rings. The van der Waals surface area contributed by atoms with Crippen LogP contribution in [0.4, 0.5) is 0 Å². The van der Waals surface area contributed by atoms with Gasteiger partial charge in [-0.2, -0.15) is 0 Å². The molecule has 1 aromatic carbocycles. The maximum Gasteiger partial charge on any atom is 0.0614 e. The number of alkyl halides is 1. The van der Waals surface area contributed by atoms with Crippen LogP contribution in [0.15, 0.2) is 18.2 Å². The summed E-state index contributed by atoms with van der Waals surface area (Å²) in [6.07, 6.45) is 9.61. The highest BCUT2D eigenvalue weighted by Crippen LogP contribution is 2.48. The molecule has 0 radical (unpaired) electrons. The molecule has 0 N–H and O–H groups in total. The zero-order valence-corrected chi connectivity index (χ0v) is 13.9. The molecule has 3 heteroatoms. The van der Waals surface area contributed by atoms with Crippen molar-refractivity contribution < 1.29 is 0 Å². The van der Waals surface area contributed by atoms with Crippen molar-refractivity contribution in [2.75, 3.05) is 0 Å². The Bertz CT molecular complexity index is 471. The highest BCUT2D eigenvalue weighted by Gasteiger charge is 2.35. The molecule has 0 nitrogen and oxygen atoms in total. The Hall–Kier alpha value is 0.0900. The van der Waals surface area contributed by atoms with Crippen LogP contribution >= 0.6 is 34.8 Å². The predicted octanol–water partition coefficient (Wildman–Crippen LogP) is 6.88. The first-order valence-electron chi connectivity index (χ1n) is 7.74. The van der Waals surface area contributed by atoms with Crippen molar-refractivity contribution in [2.24, 2.45) is 17.8 Å². The second-order valence-electron chi connectivity index (χ2n) is 6.45. The van der Waals surface area contributed by atoms with E-state index in [0.29, 0.717) is 16.0 Å². The summed E-state index contributed by atoms with van der Waals surface area (Å²) in [5, 5.41) is 1.30. The highest BCUT2D eigenvalue weighted by molar-refractivity contribution is 6.42. The van der Waals surface area contributed by atoms with Crippen molar-refractivity contribution in [3.8, 4) is 0 Å². The van der Waals surface area contributed by atoms with Crippen molar-refractivity contribution in [1.29, 1.82) is 0 Å². The van der Waals surface area contributed by atoms with E-state index in [1.807, 2.05) is 18.2 Å². The molecule has 4 unspecified atom stereocenters. The Morgan fingerprint density at radius 3 is 2.40 bits per heavy atom. The second kappa shape index (κ2) is 6.46. The van der Waals surface area contributed by atoms with E-state index in [1.54, 1.807) is 0 Å². The zero-order valence-electron chi connectivity index (χ0n) is 11.6. The van der Waals surface area contributed by atoms with Crippen LogP contribution in [0.2, 0.25) is 10.0 Å². The van der Waals surface area contributed by atoms with Gasteiger partial charge in [0.05, 0.1) is 15.4 Å².